The molecule has 4 heteroatoms. The summed E-state index contributed by atoms with van der Waals surface area (Å²) in [4.78, 5) is 19.7. The molecule has 0 radical (unpaired) electrons. The van der Waals surface area contributed by atoms with Gasteiger partial charge in [0.15, 0.2) is 0 Å². The summed E-state index contributed by atoms with van der Waals surface area (Å²) in [5.74, 6) is -2.44. The smallest absolute Gasteiger partial charge is 0.331 e. The molecule has 0 atom stereocenters. The van der Waals surface area contributed by atoms with Gasteiger partial charge in [-0.15, -0.1) is 0 Å². The van der Waals surface area contributed by atoms with Crippen LogP contribution in [0, 0.1) is 0 Å². The Balaban J connectivity index is 0. The molecule has 0 bridgehead atoms. The Morgan fingerprint density at radius 2 is 1.70 bits per heavy atom. The molecule has 0 saturated heterocycles. The molecule has 2 N–H and O–H groups in total. The minimum absolute atomic E-state index is 0. The van der Waals surface area contributed by atoms with Crippen LogP contribution < -0.4 is 0 Å². The number of aliphatic carboxylic acids is 2. The van der Waals surface area contributed by atoms with Gasteiger partial charge in [0.1, 0.15) is 0 Å². The van der Waals surface area contributed by atoms with Gasteiger partial charge in [0.25, 0.3) is 0 Å². The fourth-order valence-corrected chi connectivity index (χ4v) is 0.258. The molecule has 0 aromatic rings. The van der Waals surface area contributed by atoms with E-state index >= 15 is 0 Å². The number of hydrogen-bond donors (Lipinski definition) is 2. The molecular weight excluding hydrogens is 136 g/mol. The quantitative estimate of drug-likeness (QED) is 0.576. The Hall–Kier alpha value is -1.32. The van der Waals surface area contributed by atoms with Gasteiger partial charge < -0.3 is 10.2 Å². The lowest BCUT2D eigenvalue weighted by Crippen LogP contribution is -2.04. The van der Waals surface area contributed by atoms with Crippen molar-refractivity contribution in [1.82, 2.24) is 0 Å². The number of hydrogen-bond acceptors (Lipinski definition) is 2. The molecule has 0 aromatic carbocycles. The number of carboxylic acid groups (broad SMARTS) is 2. The first kappa shape index (κ1) is 11.5. The first-order valence-corrected chi connectivity index (χ1v) is 2.17. The van der Waals surface area contributed by atoms with Gasteiger partial charge in [0.2, 0.25) is 0 Å². The van der Waals surface area contributed by atoms with Crippen molar-refractivity contribution in [3.05, 3.63) is 12.2 Å². The Bertz CT molecular complexity index is 159. The predicted molar refractivity (Wildman–Crippen MR) is 35.8 cm³/mol. The second kappa shape index (κ2) is 4.55. The zero-order valence-corrected chi connectivity index (χ0v) is 4.63. The molecule has 10 heavy (non-hydrogen) atoms. The number of rotatable bonds is 3. The van der Waals surface area contributed by atoms with Crippen LogP contribution in [0.5, 0.6) is 0 Å². The zero-order chi connectivity index (χ0) is 7.44. The largest absolute Gasteiger partial charge is 0.481 e. The van der Waals surface area contributed by atoms with E-state index in [0.717, 1.165) is 0 Å². The fourth-order valence-electron chi connectivity index (χ4n) is 0.258. The van der Waals surface area contributed by atoms with E-state index in [1.165, 1.54) is 0 Å². The van der Waals surface area contributed by atoms with Crippen LogP contribution in [0.25, 0.3) is 0 Å². The highest BCUT2D eigenvalue weighted by Gasteiger charge is 2.07. The summed E-state index contributed by atoms with van der Waals surface area (Å²) < 4.78 is 0. The normalized spacial score (nSPS) is 7.60. The highest BCUT2D eigenvalue weighted by Crippen LogP contribution is 1.95. The average Bonchev–Trinajstić information content (AvgIpc) is 1.63. The topological polar surface area (TPSA) is 74.6 Å². The van der Waals surface area contributed by atoms with Crippen molar-refractivity contribution in [2.45, 2.75) is 13.8 Å². The molecule has 0 aliphatic carbocycles. The van der Waals surface area contributed by atoms with Gasteiger partial charge in [0.05, 0.1) is 6.42 Å². The summed E-state index contributed by atoms with van der Waals surface area (Å²) in [6.45, 7) is 3.01. The van der Waals surface area contributed by atoms with Gasteiger partial charge in [-0.2, -0.15) is 0 Å². The van der Waals surface area contributed by atoms with Crippen molar-refractivity contribution in [2.75, 3.05) is 0 Å². The molecule has 0 saturated carbocycles. The maximum absolute atomic E-state index is 9.87. The lowest BCUT2D eigenvalue weighted by atomic mass is 10.2. The monoisotopic (exact) mass is 146 g/mol. The molecule has 4 nitrogen and oxygen atoms in total. The van der Waals surface area contributed by atoms with Gasteiger partial charge in [-0.25, -0.2) is 4.79 Å². The molecule has 0 unspecified atom stereocenters. The maximum Gasteiger partial charge on any atom is 0.331 e. The van der Waals surface area contributed by atoms with E-state index in [-0.39, 0.29) is 13.0 Å². The lowest BCUT2D eigenvalue weighted by Gasteiger charge is -1.91. The predicted octanol–water partition coefficient (Wildman–Crippen LogP) is 0.738. The van der Waals surface area contributed by atoms with Crippen LogP contribution in [-0.4, -0.2) is 22.2 Å². The van der Waals surface area contributed by atoms with E-state index < -0.39 is 18.4 Å². The first-order valence-electron chi connectivity index (χ1n) is 2.17. The second-order valence-electron chi connectivity index (χ2n) is 1.48. The molecule has 0 aliphatic rings. The SMILES string of the molecule is C.C=C(CC(=O)O)C(=O)O. The van der Waals surface area contributed by atoms with Gasteiger partial charge in [-0.3, -0.25) is 4.79 Å². The molecule has 0 fully saturated rings. The van der Waals surface area contributed by atoms with Crippen molar-refractivity contribution in [3.8, 4) is 0 Å². The molecule has 0 heterocycles. The molecular formula is C6H10O4. The standard InChI is InChI=1S/C5H6O4.CH4/c1-3(5(8)9)2-4(6)7;/h1-2H2,(H,6,7)(H,8,9);1H4. The summed E-state index contributed by atoms with van der Waals surface area (Å²) in [6, 6.07) is 0. The van der Waals surface area contributed by atoms with E-state index in [9.17, 15) is 9.59 Å². The minimum atomic E-state index is -1.27. The van der Waals surface area contributed by atoms with E-state index in [1.54, 1.807) is 0 Å². The van der Waals surface area contributed by atoms with Crippen molar-refractivity contribution in [2.24, 2.45) is 0 Å². The third-order valence-electron chi connectivity index (χ3n) is 0.667. The van der Waals surface area contributed by atoms with Crippen LogP contribution in [-0.2, 0) is 9.59 Å². The summed E-state index contributed by atoms with van der Waals surface area (Å²) >= 11 is 0. The van der Waals surface area contributed by atoms with Crippen molar-refractivity contribution >= 4 is 11.9 Å². The Labute approximate surface area is 58.8 Å². The third kappa shape index (κ3) is 4.83. The van der Waals surface area contributed by atoms with Crippen LogP contribution in [0.2, 0.25) is 0 Å². The molecule has 0 rings (SSSR count). The van der Waals surface area contributed by atoms with Crippen molar-refractivity contribution in [3.63, 3.8) is 0 Å². The average molecular weight is 146 g/mol. The Morgan fingerprint density at radius 1 is 1.30 bits per heavy atom. The number of carbonyl (C=O) groups is 2. The maximum atomic E-state index is 9.87. The minimum Gasteiger partial charge on any atom is -0.481 e. The van der Waals surface area contributed by atoms with E-state index in [0.29, 0.717) is 0 Å². The molecule has 0 aromatic heterocycles. The van der Waals surface area contributed by atoms with Crippen LogP contribution in [0.1, 0.15) is 13.8 Å². The van der Waals surface area contributed by atoms with Crippen LogP contribution >= 0.6 is 0 Å². The number of carboxylic acids is 2. The molecule has 58 valence electrons. The van der Waals surface area contributed by atoms with E-state index in [2.05, 4.69) is 6.58 Å². The van der Waals surface area contributed by atoms with Crippen LogP contribution in [0.3, 0.4) is 0 Å². The van der Waals surface area contributed by atoms with Gasteiger partial charge in [-0.05, 0) is 0 Å². The Kier molecular flexibility index (Phi) is 5.22. The highest BCUT2D eigenvalue weighted by molar-refractivity contribution is 5.91. The highest BCUT2D eigenvalue weighted by atomic mass is 16.4. The Morgan fingerprint density at radius 3 is 1.80 bits per heavy atom. The van der Waals surface area contributed by atoms with Crippen molar-refractivity contribution in [1.29, 1.82) is 0 Å². The summed E-state index contributed by atoms with van der Waals surface area (Å²) in [5.41, 5.74) is -0.303. The van der Waals surface area contributed by atoms with E-state index in [4.69, 9.17) is 10.2 Å². The molecule has 0 amide bonds. The van der Waals surface area contributed by atoms with Crippen molar-refractivity contribution < 1.29 is 19.8 Å². The zero-order valence-electron chi connectivity index (χ0n) is 4.63. The van der Waals surface area contributed by atoms with Gasteiger partial charge in [-0.1, -0.05) is 14.0 Å². The third-order valence-corrected chi connectivity index (χ3v) is 0.667. The summed E-state index contributed by atoms with van der Waals surface area (Å²) in [5, 5.41) is 16.1. The lowest BCUT2D eigenvalue weighted by molar-refractivity contribution is -0.139. The second-order valence-corrected chi connectivity index (χ2v) is 1.48. The van der Waals surface area contributed by atoms with Gasteiger partial charge >= 0.3 is 11.9 Å². The molecule has 0 spiro atoms. The van der Waals surface area contributed by atoms with Crippen LogP contribution in [0.15, 0.2) is 12.2 Å². The van der Waals surface area contributed by atoms with E-state index in [1.807, 2.05) is 0 Å². The summed E-state index contributed by atoms with van der Waals surface area (Å²) in [6.07, 6.45) is -0.505. The fraction of sp³-hybridized carbons (Fsp3) is 0.333. The van der Waals surface area contributed by atoms with Crippen LogP contribution in [0.4, 0.5) is 0 Å². The summed E-state index contributed by atoms with van der Waals surface area (Å²) in [7, 11) is 0. The molecule has 0 aliphatic heterocycles. The first-order chi connectivity index (χ1) is 4.04. The van der Waals surface area contributed by atoms with Gasteiger partial charge in [0, 0.05) is 5.57 Å².